The van der Waals surface area contributed by atoms with Gasteiger partial charge in [0.2, 0.25) is 0 Å². The van der Waals surface area contributed by atoms with Crippen molar-refractivity contribution in [1.82, 2.24) is 4.57 Å². The maximum Gasteiger partial charge on any atom is 0.0576 e. The fraction of sp³-hybridized carbons (Fsp3) is 0.467. The molecule has 90 valence electrons. The molecular weight excluding hydrogens is 210 g/mol. The zero-order chi connectivity index (χ0) is 11.5. The van der Waals surface area contributed by atoms with E-state index in [-0.39, 0.29) is 0 Å². The molecule has 1 aliphatic rings. The number of rotatable bonds is 4. The fourth-order valence-electron chi connectivity index (χ4n) is 2.70. The molecule has 0 bridgehead atoms. The van der Waals surface area contributed by atoms with Crippen molar-refractivity contribution in [2.75, 3.05) is 6.61 Å². The minimum Gasteiger partial charge on any atom is -0.378 e. The molecule has 2 nitrogen and oxygen atoms in total. The van der Waals surface area contributed by atoms with Crippen LogP contribution in [0.15, 0.2) is 36.5 Å². The number of nitrogens with zero attached hydrogens (tertiary/aromatic N) is 1. The van der Waals surface area contributed by atoms with Gasteiger partial charge in [-0.1, -0.05) is 18.2 Å². The highest BCUT2D eigenvalue weighted by Crippen LogP contribution is 2.19. The number of para-hydroxylation sites is 1. The van der Waals surface area contributed by atoms with Crippen LogP contribution in [0.3, 0.4) is 0 Å². The van der Waals surface area contributed by atoms with Gasteiger partial charge in [-0.05, 0) is 43.2 Å². The molecule has 1 unspecified atom stereocenters. The summed E-state index contributed by atoms with van der Waals surface area (Å²) in [6.07, 6.45) is 7.64. The van der Waals surface area contributed by atoms with Gasteiger partial charge in [0, 0.05) is 24.9 Å². The van der Waals surface area contributed by atoms with Crippen molar-refractivity contribution in [2.45, 2.75) is 38.3 Å². The van der Waals surface area contributed by atoms with Gasteiger partial charge < -0.3 is 9.30 Å². The molecule has 1 aliphatic heterocycles. The first-order chi connectivity index (χ1) is 8.43. The van der Waals surface area contributed by atoms with E-state index in [1.165, 1.54) is 36.6 Å². The second-order valence-electron chi connectivity index (χ2n) is 4.85. The second kappa shape index (κ2) is 4.92. The van der Waals surface area contributed by atoms with Gasteiger partial charge in [0.1, 0.15) is 0 Å². The molecule has 2 heterocycles. The van der Waals surface area contributed by atoms with Crippen LogP contribution in [-0.4, -0.2) is 17.3 Å². The van der Waals surface area contributed by atoms with Crippen molar-refractivity contribution < 1.29 is 4.74 Å². The molecule has 0 aliphatic carbocycles. The van der Waals surface area contributed by atoms with E-state index in [1.807, 2.05) is 0 Å². The lowest BCUT2D eigenvalue weighted by atomic mass is 10.1. The average molecular weight is 229 g/mol. The molecule has 1 fully saturated rings. The highest BCUT2D eigenvalue weighted by Gasteiger charge is 2.14. The van der Waals surface area contributed by atoms with Crippen LogP contribution in [-0.2, 0) is 11.3 Å². The Balaban J connectivity index is 1.60. The Hall–Kier alpha value is -1.28. The van der Waals surface area contributed by atoms with Crippen molar-refractivity contribution in [3.63, 3.8) is 0 Å². The van der Waals surface area contributed by atoms with Crippen molar-refractivity contribution in [2.24, 2.45) is 0 Å². The first-order valence-corrected chi connectivity index (χ1v) is 6.59. The van der Waals surface area contributed by atoms with Crippen LogP contribution in [0, 0.1) is 0 Å². The Morgan fingerprint density at radius 1 is 1.24 bits per heavy atom. The van der Waals surface area contributed by atoms with Crippen molar-refractivity contribution in [1.29, 1.82) is 0 Å². The van der Waals surface area contributed by atoms with Crippen LogP contribution in [0.4, 0.5) is 0 Å². The molecule has 3 rings (SSSR count). The number of ether oxygens (including phenoxy) is 1. The molecular formula is C15H19NO. The van der Waals surface area contributed by atoms with Crippen LogP contribution in [0.5, 0.6) is 0 Å². The zero-order valence-electron chi connectivity index (χ0n) is 10.1. The zero-order valence-corrected chi connectivity index (χ0v) is 10.1. The van der Waals surface area contributed by atoms with E-state index in [1.54, 1.807) is 0 Å². The summed E-state index contributed by atoms with van der Waals surface area (Å²) in [5.74, 6) is 0. The summed E-state index contributed by atoms with van der Waals surface area (Å²) in [7, 11) is 0. The lowest BCUT2D eigenvalue weighted by Gasteiger charge is -2.10. The molecule has 0 radical (unpaired) electrons. The van der Waals surface area contributed by atoms with Gasteiger partial charge >= 0.3 is 0 Å². The van der Waals surface area contributed by atoms with Crippen LogP contribution in [0.25, 0.3) is 10.9 Å². The number of fused-ring (bicyclic) bond motifs is 1. The Morgan fingerprint density at radius 3 is 3.06 bits per heavy atom. The normalized spacial score (nSPS) is 20.1. The first-order valence-electron chi connectivity index (χ1n) is 6.59. The molecule has 0 saturated carbocycles. The highest BCUT2D eigenvalue weighted by atomic mass is 16.5. The van der Waals surface area contributed by atoms with Gasteiger partial charge in [0.25, 0.3) is 0 Å². The molecule has 0 amide bonds. The monoisotopic (exact) mass is 229 g/mol. The predicted molar refractivity (Wildman–Crippen MR) is 70.1 cm³/mol. The molecule has 1 atom stereocenters. The maximum atomic E-state index is 5.65. The quantitative estimate of drug-likeness (QED) is 0.781. The average Bonchev–Trinajstić information content (AvgIpc) is 2.99. The van der Waals surface area contributed by atoms with E-state index in [0.29, 0.717) is 6.10 Å². The van der Waals surface area contributed by atoms with E-state index >= 15 is 0 Å². The molecule has 0 spiro atoms. The fourth-order valence-corrected chi connectivity index (χ4v) is 2.70. The Bertz CT molecular complexity index is 482. The number of hydrogen-bond donors (Lipinski definition) is 0. The minimum atomic E-state index is 0.525. The van der Waals surface area contributed by atoms with Gasteiger partial charge in [-0.3, -0.25) is 0 Å². The Morgan fingerprint density at radius 2 is 2.18 bits per heavy atom. The summed E-state index contributed by atoms with van der Waals surface area (Å²) in [6, 6.07) is 10.8. The summed E-state index contributed by atoms with van der Waals surface area (Å²) in [5.41, 5.74) is 1.35. The topological polar surface area (TPSA) is 14.2 Å². The van der Waals surface area contributed by atoms with Crippen LogP contribution >= 0.6 is 0 Å². The lowest BCUT2D eigenvalue weighted by molar-refractivity contribution is 0.101. The summed E-state index contributed by atoms with van der Waals surface area (Å²) in [4.78, 5) is 0. The standard InChI is InChI=1S/C15H19NO/c1-2-8-15-13(5-1)9-11-16(15)10-3-6-14-7-4-12-17-14/h1-2,5,8-9,11,14H,3-4,6-7,10,12H2. The number of aryl methyl sites for hydroxylation is 1. The van der Waals surface area contributed by atoms with Crippen molar-refractivity contribution >= 4 is 10.9 Å². The van der Waals surface area contributed by atoms with E-state index in [9.17, 15) is 0 Å². The number of benzene rings is 1. The second-order valence-corrected chi connectivity index (χ2v) is 4.85. The third-order valence-corrected chi connectivity index (χ3v) is 3.63. The van der Waals surface area contributed by atoms with Crippen molar-refractivity contribution in [3.8, 4) is 0 Å². The number of aromatic nitrogens is 1. The molecule has 0 N–H and O–H groups in total. The van der Waals surface area contributed by atoms with Gasteiger partial charge in [0.05, 0.1) is 6.10 Å². The smallest absolute Gasteiger partial charge is 0.0576 e. The summed E-state index contributed by atoms with van der Waals surface area (Å²) >= 11 is 0. The highest BCUT2D eigenvalue weighted by molar-refractivity contribution is 5.79. The van der Waals surface area contributed by atoms with Gasteiger partial charge in [0.15, 0.2) is 0 Å². The van der Waals surface area contributed by atoms with E-state index in [4.69, 9.17) is 4.74 Å². The molecule has 17 heavy (non-hydrogen) atoms. The predicted octanol–water partition coefficient (Wildman–Crippen LogP) is 3.60. The number of hydrogen-bond acceptors (Lipinski definition) is 1. The maximum absolute atomic E-state index is 5.65. The summed E-state index contributed by atoms with van der Waals surface area (Å²) in [5, 5.41) is 1.34. The summed E-state index contributed by atoms with van der Waals surface area (Å²) in [6.45, 7) is 2.07. The molecule has 1 aromatic carbocycles. The van der Waals surface area contributed by atoms with Crippen LogP contribution < -0.4 is 0 Å². The Kier molecular flexibility index (Phi) is 3.14. The minimum absolute atomic E-state index is 0.525. The van der Waals surface area contributed by atoms with Crippen LogP contribution in [0.2, 0.25) is 0 Å². The largest absolute Gasteiger partial charge is 0.378 e. The third kappa shape index (κ3) is 2.37. The van der Waals surface area contributed by atoms with E-state index in [2.05, 4.69) is 41.1 Å². The lowest BCUT2D eigenvalue weighted by Crippen LogP contribution is -2.06. The van der Waals surface area contributed by atoms with Gasteiger partial charge in [-0.2, -0.15) is 0 Å². The van der Waals surface area contributed by atoms with Gasteiger partial charge in [-0.25, -0.2) is 0 Å². The molecule has 2 aromatic rings. The Labute approximate surface area is 102 Å². The molecule has 1 saturated heterocycles. The first kappa shape index (κ1) is 10.8. The molecule has 1 aromatic heterocycles. The van der Waals surface area contributed by atoms with Crippen LogP contribution in [0.1, 0.15) is 25.7 Å². The van der Waals surface area contributed by atoms with E-state index in [0.717, 1.165) is 13.2 Å². The third-order valence-electron chi connectivity index (χ3n) is 3.63. The van der Waals surface area contributed by atoms with Crippen molar-refractivity contribution in [3.05, 3.63) is 36.5 Å². The summed E-state index contributed by atoms with van der Waals surface area (Å²) < 4.78 is 8.00. The SMILES string of the molecule is c1ccc2c(c1)ccn2CCCC1CCCO1. The molecule has 2 heteroatoms. The van der Waals surface area contributed by atoms with Gasteiger partial charge in [-0.15, -0.1) is 0 Å². The van der Waals surface area contributed by atoms with E-state index < -0.39 is 0 Å².